The van der Waals surface area contributed by atoms with Crippen molar-refractivity contribution in [2.24, 2.45) is 11.7 Å². The molecule has 4 heteroatoms. The fraction of sp³-hybridized carbons (Fsp3) is 0.538. The SMILES string of the molecule is NCC1CCN(CCc2cc(F)cc(F)c2)C1. The van der Waals surface area contributed by atoms with E-state index < -0.39 is 11.6 Å². The first-order valence-electron chi connectivity index (χ1n) is 6.05. The summed E-state index contributed by atoms with van der Waals surface area (Å²) in [5.74, 6) is -0.415. The third-order valence-corrected chi connectivity index (χ3v) is 3.34. The molecule has 0 aromatic heterocycles. The molecule has 0 aliphatic carbocycles. The van der Waals surface area contributed by atoms with E-state index in [0.29, 0.717) is 12.3 Å². The van der Waals surface area contributed by atoms with Crippen molar-refractivity contribution in [3.05, 3.63) is 35.4 Å². The van der Waals surface area contributed by atoms with Crippen molar-refractivity contribution >= 4 is 0 Å². The normalized spacial score (nSPS) is 21.0. The molecular weight excluding hydrogens is 222 g/mol. The quantitative estimate of drug-likeness (QED) is 0.869. The molecule has 0 bridgehead atoms. The largest absolute Gasteiger partial charge is 0.330 e. The molecule has 2 N–H and O–H groups in total. The molecule has 0 radical (unpaired) electrons. The second kappa shape index (κ2) is 5.56. The maximum Gasteiger partial charge on any atom is 0.126 e. The Morgan fingerprint density at radius 2 is 1.94 bits per heavy atom. The molecule has 2 rings (SSSR count). The number of rotatable bonds is 4. The van der Waals surface area contributed by atoms with Crippen LogP contribution in [0.1, 0.15) is 12.0 Å². The minimum absolute atomic E-state index is 0.499. The first kappa shape index (κ1) is 12.5. The maximum atomic E-state index is 13.0. The van der Waals surface area contributed by atoms with Crippen LogP contribution >= 0.6 is 0 Å². The van der Waals surface area contributed by atoms with E-state index in [1.165, 1.54) is 12.1 Å². The highest BCUT2D eigenvalue weighted by Gasteiger charge is 2.20. The Morgan fingerprint density at radius 3 is 2.53 bits per heavy atom. The molecule has 0 spiro atoms. The average Bonchev–Trinajstić information content (AvgIpc) is 2.73. The van der Waals surface area contributed by atoms with Crippen molar-refractivity contribution in [2.75, 3.05) is 26.2 Å². The third-order valence-electron chi connectivity index (χ3n) is 3.34. The molecular formula is C13H18F2N2. The lowest BCUT2D eigenvalue weighted by atomic mass is 10.1. The Hall–Kier alpha value is -1.00. The predicted octanol–water partition coefficient (Wildman–Crippen LogP) is 1.79. The summed E-state index contributed by atoms with van der Waals surface area (Å²) in [6.45, 7) is 3.62. The van der Waals surface area contributed by atoms with Crippen LogP contribution in [-0.4, -0.2) is 31.1 Å². The Bertz CT molecular complexity index is 361. The van der Waals surface area contributed by atoms with Gasteiger partial charge in [0.25, 0.3) is 0 Å². The molecule has 0 amide bonds. The molecule has 1 atom stereocenters. The van der Waals surface area contributed by atoms with Gasteiger partial charge in [-0.3, -0.25) is 0 Å². The van der Waals surface area contributed by atoms with E-state index in [1.807, 2.05) is 0 Å². The van der Waals surface area contributed by atoms with Gasteiger partial charge in [0.05, 0.1) is 0 Å². The summed E-state index contributed by atoms with van der Waals surface area (Å²) in [6, 6.07) is 3.71. The number of hydrogen-bond acceptors (Lipinski definition) is 2. The molecule has 1 aromatic carbocycles. The van der Waals surface area contributed by atoms with E-state index in [-0.39, 0.29) is 0 Å². The van der Waals surface area contributed by atoms with Gasteiger partial charge in [0.1, 0.15) is 11.6 Å². The number of hydrogen-bond donors (Lipinski definition) is 1. The van der Waals surface area contributed by atoms with Crippen LogP contribution in [0.4, 0.5) is 8.78 Å². The van der Waals surface area contributed by atoms with E-state index >= 15 is 0 Å². The standard InChI is InChI=1S/C13H18F2N2/c14-12-5-10(6-13(15)7-12)1-3-17-4-2-11(8-16)9-17/h5-7,11H,1-4,8-9,16H2. The topological polar surface area (TPSA) is 29.3 Å². The fourth-order valence-corrected chi connectivity index (χ4v) is 2.35. The van der Waals surface area contributed by atoms with Crippen molar-refractivity contribution in [1.82, 2.24) is 4.90 Å². The summed E-state index contributed by atoms with van der Waals surface area (Å²) in [4.78, 5) is 2.31. The van der Waals surface area contributed by atoms with Gasteiger partial charge in [-0.1, -0.05) is 0 Å². The maximum absolute atomic E-state index is 13.0. The van der Waals surface area contributed by atoms with Crippen molar-refractivity contribution in [1.29, 1.82) is 0 Å². The van der Waals surface area contributed by atoms with Crippen LogP contribution in [0, 0.1) is 17.6 Å². The van der Waals surface area contributed by atoms with Crippen LogP contribution < -0.4 is 5.73 Å². The first-order valence-corrected chi connectivity index (χ1v) is 6.05. The molecule has 1 saturated heterocycles. The second-order valence-electron chi connectivity index (χ2n) is 4.72. The van der Waals surface area contributed by atoms with E-state index in [9.17, 15) is 8.78 Å². The highest BCUT2D eigenvalue weighted by atomic mass is 19.1. The van der Waals surface area contributed by atoms with Gasteiger partial charge in [-0.2, -0.15) is 0 Å². The zero-order valence-electron chi connectivity index (χ0n) is 9.83. The number of benzene rings is 1. The monoisotopic (exact) mass is 240 g/mol. The van der Waals surface area contributed by atoms with Gasteiger partial charge in [0.2, 0.25) is 0 Å². The Morgan fingerprint density at radius 1 is 1.24 bits per heavy atom. The molecule has 1 fully saturated rings. The van der Waals surface area contributed by atoms with Crippen LogP contribution in [0.25, 0.3) is 0 Å². The van der Waals surface area contributed by atoms with Crippen molar-refractivity contribution in [3.8, 4) is 0 Å². The Kier molecular flexibility index (Phi) is 4.07. The van der Waals surface area contributed by atoms with Crippen LogP contribution in [-0.2, 0) is 6.42 Å². The molecule has 1 unspecified atom stereocenters. The third kappa shape index (κ3) is 3.48. The number of halogens is 2. The molecule has 1 aromatic rings. The molecule has 1 aliphatic rings. The highest BCUT2D eigenvalue weighted by Crippen LogP contribution is 2.16. The fourth-order valence-electron chi connectivity index (χ4n) is 2.35. The second-order valence-corrected chi connectivity index (χ2v) is 4.72. The van der Waals surface area contributed by atoms with Crippen molar-refractivity contribution in [2.45, 2.75) is 12.8 Å². The summed E-state index contributed by atoms with van der Waals surface area (Å²) in [5, 5.41) is 0. The van der Waals surface area contributed by atoms with Crippen molar-refractivity contribution < 1.29 is 8.78 Å². The summed E-state index contributed by atoms with van der Waals surface area (Å²) >= 11 is 0. The van der Waals surface area contributed by atoms with Gasteiger partial charge in [0, 0.05) is 19.2 Å². The Labute approximate surface area is 100 Å². The highest BCUT2D eigenvalue weighted by molar-refractivity contribution is 5.18. The minimum Gasteiger partial charge on any atom is -0.330 e. The van der Waals surface area contributed by atoms with E-state index in [0.717, 1.165) is 44.2 Å². The summed E-state index contributed by atoms with van der Waals surface area (Å²) in [5.41, 5.74) is 6.34. The first-order chi connectivity index (χ1) is 8.17. The zero-order valence-corrected chi connectivity index (χ0v) is 9.83. The van der Waals surface area contributed by atoms with Gasteiger partial charge >= 0.3 is 0 Å². The van der Waals surface area contributed by atoms with Gasteiger partial charge in [0.15, 0.2) is 0 Å². The van der Waals surface area contributed by atoms with Gasteiger partial charge < -0.3 is 10.6 Å². The smallest absolute Gasteiger partial charge is 0.126 e. The molecule has 0 saturated carbocycles. The summed E-state index contributed by atoms with van der Waals surface area (Å²) in [7, 11) is 0. The molecule has 94 valence electrons. The van der Waals surface area contributed by atoms with Gasteiger partial charge in [-0.05, 0) is 49.5 Å². The molecule has 2 nitrogen and oxygen atoms in total. The lowest BCUT2D eigenvalue weighted by Crippen LogP contribution is -2.25. The predicted molar refractivity (Wildman–Crippen MR) is 63.7 cm³/mol. The van der Waals surface area contributed by atoms with E-state index in [1.54, 1.807) is 0 Å². The van der Waals surface area contributed by atoms with Crippen LogP contribution in [0.2, 0.25) is 0 Å². The van der Waals surface area contributed by atoms with Crippen LogP contribution in [0.15, 0.2) is 18.2 Å². The number of nitrogens with zero attached hydrogens (tertiary/aromatic N) is 1. The van der Waals surface area contributed by atoms with Crippen LogP contribution in [0.5, 0.6) is 0 Å². The molecule has 1 aliphatic heterocycles. The number of likely N-dealkylation sites (tertiary alicyclic amines) is 1. The average molecular weight is 240 g/mol. The lowest BCUT2D eigenvalue weighted by Gasteiger charge is -2.15. The van der Waals surface area contributed by atoms with Crippen LogP contribution in [0.3, 0.4) is 0 Å². The zero-order chi connectivity index (χ0) is 12.3. The molecule has 17 heavy (non-hydrogen) atoms. The van der Waals surface area contributed by atoms with Crippen molar-refractivity contribution in [3.63, 3.8) is 0 Å². The summed E-state index contributed by atoms with van der Waals surface area (Å²) in [6.07, 6.45) is 1.82. The van der Waals surface area contributed by atoms with Gasteiger partial charge in [-0.25, -0.2) is 8.78 Å². The Balaban J connectivity index is 1.85. The summed E-state index contributed by atoms with van der Waals surface area (Å²) < 4.78 is 26.0. The number of nitrogens with two attached hydrogens (primary N) is 1. The van der Waals surface area contributed by atoms with Gasteiger partial charge in [-0.15, -0.1) is 0 Å². The molecule has 1 heterocycles. The van der Waals surface area contributed by atoms with E-state index in [4.69, 9.17) is 5.73 Å². The van der Waals surface area contributed by atoms with E-state index in [2.05, 4.69) is 4.90 Å². The minimum atomic E-state index is -0.499. The lowest BCUT2D eigenvalue weighted by molar-refractivity contribution is 0.329.